The van der Waals surface area contributed by atoms with Crippen LogP contribution >= 0.6 is 0 Å². The largest absolute Gasteiger partial charge is 0.368 e. The number of rotatable bonds is 7. The first-order chi connectivity index (χ1) is 12.2. The molecule has 4 N–H and O–H groups in total. The Kier molecular flexibility index (Phi) is 5.53. The predicted molar refractivity (Wildman–Crippen MR) is 98.7 cm³/mol. The van der Waals surface area contributed by atoms with E-state index in [4.69, 9.17) is 5.73 Å². The fourth-order valence-electron chi connectivity index (χ4n) is 3.42. The predicted octanol–water partition coefficient (Wildman–Crippen LogP) is 2.55. The Morgan fingerprint density at radius 1 is 1.28 bits per heavy atom. The van der Waals surface area contributed by atoms with E-state index in [1.54, 1.807) is 7.05 Å². The Hall–Kier alpha value is -2.57. The van der Waals surface area contributed by atoms with Crippen LogP contribution in [0.4, 0.5) is 11.8 Å². The molecule has 1 saturated carbocycles. The zero-order valence-corrected chi connectivity index (χ0v) is 14.6. The van der Waals surface area contributed by atoms with Gasteiger partial charge in [-0.05, 0) is 24.5 Å². The van der Waals surface area contributed by atoms with Crippen molar-refractivity contribution in [2.75, 3.05) is 17.7 Å². The molecule has 25 heavy (non-hydrogen) atoms. The number of hydrogen-bond donors (Lipinski definition) is 3. The van der Waals surface area contributed by atoms with E-state index in [0.29, 0.717) is 17.7 Å². The number of carbonyl (C=O) groups is 1. The van der Waals surface area contributed by atoms with Gasteiger partial charge in [0.1, 0.15) is 17.7 Å². The van der Waals surface area contributed by atoms with Crippen molar-refractivity contribution in [3.8, 4) is 5.82 Å². The molecule has 3 rings (SSSR count). The summed E-state index contributed by atoms with van der Waals surface area (Å²) in [6, 6.07) is 5.28. The van der Waals surface area contributed by atoms with Gasteiger partial charge in [0.05, 0.1) is 0 Å². The molecule has 2 aromatic rings. The molecule has 1 aliphatic carbocycles. The Morgan fingerprint density at radius 3 is 2.64 bits per heavy atom. The van der Waals surface area contributed by atoms with Crippen LogP contribution in [0, 0.1) is 5.92 Å². The second kappa shape index (κ2) is 8.00. The van der Waals surface area contributed by atoms with Gasteiger partial charge < -0.3 is 20.9 Å². The zero-order valence-electron chi connectivity index (χ0n) is 14.6. The summed E-state index contributed by atoms with van der Waals surface area (Å²) in [4.78, 5) is 20.8. The van der Waals surface area contributed by atoms with Crippen LogP contribution in [0.25, 0.3) is 5.82 Å². The van der Waals surface area contributed by atoms with Crippen LogP contribution in [0.2, 0.25) is 0 Å². The van der Waals surface area contributed by atoms with Gasteiger partial charge in [0.2, 0.25) is 11.9 Å². The Balaban J connectivity index is 1.78. The molecule has 0 saturated heterocycles. The van der Waals surface area contributed by atoms with Crippen LogP contribution in [-0.2, 0) is 4.79 Å². The van der Waals surface area contributed by atoms with E-state index in [-0.39, 0.29) is 5.91 Å². The summed E-state index contributed by atoms with van der Waals surface area (Å²) in [7, 11) is 1.77. The van der Waals surface area contributed by atoms with E-state index in [1.165, 1.54) is 32.1 Å². The molecule has 0 aromatic carbocycles. The number of nitrogens with zero attached hydrogens (tertiary/aromatic N) is 3. The molecule has 0 bridgehead atoms. The summed E-state index contributed by atoms with van der Waals surface area (Å²) in [5.74, 6) is 2.04. The average molecular weight is 342 g/mol. The quantitative estimate of drug-likeness (QED) is 0.718. The van der Waals surface area contributed by atoms with Crippen LogP contribution < -0.4 is 16.4 Å². The highest BCUT2D eigenvalue weighted by Crippen LogP contribution is 2.28. The number of nitrogens with one attached hydrogen (secondary N) is 2. The molecule has 1 fully saturated rings. The fourth-order valence-corrected chi connectivity index (χ4v) is 3.42. The maximum atomic E-state index is 11.9. The number of anilines is 2. The second-order valence-electron chi connectivity index (χ2n) is 6.61. The van der Waals surface area contributed by atoms with E-state index in [9.17, 15) is 4.79 Å². The lowest BCUT2D eigenvalue weighted by Crippen LogP contribution is -2.37. The maximum Gasteiger partial charge on any atom is 0.239 e. The van der Waals surface area contributed by atoms with Crippen LogP contribution in [0.1, 0.15) is 38.5 Å². The molecule has 1 amide bonds. The van der Waals surface area contributed by atoms with Gasteiger partial charge in [0.15, 0.2) is 0 Å². The third-order valence-electron chi connectivity index (χ3n) is 4.76. The van der Waals surface area contributed by atoms with Gasteiger partial charge in [-0.3, -0.25) is 4.79 Å². The second-order valence-corrected chi connectivity index (χ2v) is 6.61. The standard InChI is InChI=1S/C18H26N6O/c1-20-18-22-15(12-16(23-18)24-9-5-6-10-24)21-14(17(19)25)11-13-7-3-2-4-8-13/h5-6,9-10,12-14H,2-4,7-8,11H2,1H3,(H2,19,25)(H2,20,21,22,23)/t14-/m1/s1. The number of aromatic nitrogens is 3. The minimum Gasteiger partial charge on any atom is -0.368 e. The summed E-state index contributed by atoms with van der Waals surface area (Å²) in [6.45, 7) is 0. The highest BCUT2D eigenvalue weighted by atomic mass is 16.1. The summed E-state index contributed by atoms with van der Waals surface area (Å²) in [5.41, 5.74) is 5.64. The number of amides is 1. The normalized spacial score (nSPS) is 16.4. The maximum absolute atomic E-state index is 11.9. The highest BCUT2D eigenvalue weighted by molar-refractivity contribution is 5.82. The van der Waals surface area contributed by atoms with Crippen molar-refractivity contribution in [2.24, 2.45) is 11.7 Å². The molecule has 1 atom stereocenters. The average Bonchev–Trinajstić information content (AvgIpc) is 3.16. The summed E-state index contributed by atoms with van der Waals surface area (Å²) in [5, 5.41) is 6.19. The Morgan fingerprint density at radius 2 is 2.00 bits per heavy atom. The summed E-state index contributed by atoms with van der Waals surface area (Å²) >= 11 is 0. The lowest BCUT2D eigenvalue weighted by molar-refractivity contribution is -0.119. The molecule has 134 valence electrons. The van der Waals surface area contributed by atoms with E-state index in [2.05, 4.69) is 20.6 Å². The van der Waals surface area contributed by atoms with Crippen molar-refractivity contribution in [1.29, 1.82) is 0 Å². The van der Waals surface area contributed by atoms with Gasteiger partial charge in [-0.15, -0.1) is 0 Å². The number of hydrogen-bond acceptors (Lipinski definition) is 5. The molecule has 2 heterocycles. The van der Waals surface area contributed by atoms with E-state index in [1.807, 2.05) is 35.2 Å². The first kappa shape index (κ1) is 17.3. The van der Waals surface area contributed by atoms with Crippen molar-refractivity contribution in [3.05, 3.63) is 30.6 Å². The van der Waals surface area contributed by atoms with E-state index in [0.717, 1.165) is 12.2 Å². The van der Waals surface area contributed by atoms with Gasteiger partial charge >= 0.3 is 0 Å². The summed E-state index contributed by atoms with van der Waals surface area (Å²) in [6.07, 6.45) is 10.7. The first-order valence-electron chi connectivity index (χ1n) is 8.91. The van der Waals surface area contributed by atoms with Crippen molar-refractivity contribution in [1.82, 2.24) is 14.5 Å². The molecule has 7 heteroatoms. The van der Waals surface area contributed by atoms with Gasteiger partial charge in [0, 0.05) is 25.5 Å². The van der Waals surface area contributed by atoms with E-state index < -0.39 is 6.04 Å². The number of carbonyl (C=O) groups excluding carboxylic acids is 1. The summed E-state index contributed by atoms with van der Waals surface area (Å²) < 4.78 is 1.90. The van der Waals surface area contributed by atoms with Crippen molar-refractivity contribution < 1.29 is 4.79 Å². The van der Waals surface area contributed by atoms with Crippen LogP contribution in [-0.4, -0.2) is 33.5 Å². The molecule has 1 aliphatic rings. The van der Waals surface area contributed by atoms with Crippen LogP contribution in [0.15, 0.2) is 30.6 Å². The molecular weight excluding hydrogens is 316 g/mol. The van der Waals surface area contributed by atoms with Gasteiger partial charge in [-0.25, -0.2) is 0 Å². The van der Waals surface area contributed by atoms with Crippen molar-refractivity contribution in [3.63, 3.8) is 0 Å². The lowest BCUT2D eigenvalue weighted by atomic mass is 9.84. The first-order valence-corrected chi connectivity index (χ1v) is 8.91. The topological polar surface area (TPSA) is 97.9 Å². The monoisotopic (exact) mass is 342 g/mol. The van der Waals surface area contributed by atoms with Gasteiger partial charge in [0.25, 0.3) is 0 Å². The lowest BCUT2D eigenvalue weighted by Gasteiger charge is -2.26. The van der Waals surface area contributed by atoms with E-state index >= 15 is 0 Å². The van der Waals surface area contributed by atoms with Crippen molar-refractivity contribution in [2.45, 2.75) is 44.6 Å². The third kappa shape index (κ3) is 4.49. The Labute approximate surface area is 148 Å². The molecule has 2 aromatic heterocycles. The smallest absolute Gasteiger partial charge is 0.239 e. The van der Waals surface area contributed by atoms with Crippen LogP contribution in [0.3, 0.4) is 0 Å². The van der Waals surface area contributed by atoms with Gasteiger partial charge in [-0.1, -0.05) is 32.1 Å². The SMILES string of the molecule is CNc1nc(N[C@H](CC2CCCCC2)C(N)=O)cc(-n2cccc2)n1. The van der Waals surface area contributed by atoms with Gasteiger partial charge in [-0.2, -0.15) is 9.97 Å². The third-order valence-corrected chi connectivity index (χ3v) is 4.76. The van der Waals surface area contributed by atoms with Crippen molar-refractivity contribution >= 4 is 17.7 Å². The fraction of sp³-hybridized carbons (Fsp3) is 0.500. The zero-order chi connectivity index (χ0) is 17.6. The molecule has 7 nitrogen and oxygen atoms in total. The highest BCUT2D eigenvalue weighted by Gasteiger charge is 2.23. The molecule has 0 unspecified atom stereocenters. The molecule has 0 aliphatic heterocycles. The van der Waals surface area contributed by atoms with Crippen LogP contribution in [0.5, 0.6) is 0 Å². The minimum absolute atomic E-state index is 0.335. The molecular formula is C18H26N6O. The molecule has 0 radical (unpaired) electrons. The number of nitrogens with two attached hydrogens (primary N) is 1. The molecule has 0 spiro atoms. The number of primary amides is 1. The minimum atomic E-state index is -0.416. The Bertz CT molecular complexity index is 694.